The molecular weight excluding hydrogens is 258 g/mol. The minimum atomic E-state index is 0.623. The predicted molar refractivity (Wildman–Crippen MR) is 91.4 cm³/mol. The summed E-state index contributed by atoms with van der Waals surface area (Å²) in [4.78, 5) is 4.87. The maximum absolute atomic E-state index is 3.78. The Bertz CT molecular complexity index is 493. The highest BCUT2D eigenvalue weighted by Gasteiger charge is 2.36. The molecule has 3 heteroatoms. The maximum Gasteiger partial charge on any atom is 0.0412 e. The van der Waals surface area contributed by atoms with Gasteiger partial charge in [0.05, 0.1) is 0 Å². The molecular formula is C18H29N3. The Hall–Kier alpha value is -1.22. The van der Waals surface area contributed by atoms with Crippen LogP contribution in [0.5, 0.6) is 0 Å². The summed E-state index contributed by atoms with van der Waals surface area (Å²) in [7, 11) is 4.27. The SMILES string of the molecule is CCC1CNC(C2CC2)CN1c1ccc(C)c(N(C)C)c1. The molecule has 21 heavy (non-hydrogen) atoms. The van der Waals surface area contributed by atoms with Gasteiger partial charge >= 0.3 is 0 Å². The smallest absolute Gasteiger partial charge is 0.0412 e. The summed E-state index contributed by atoms with van der Waals surface area (Å²) >= 11 is 0. The molecule has 1 heterocycles. The second-order valence-corrected chi connectivity index (χ2v) is 6.93. The van der Waals surface area contributed by atoms with E-state index < -0.39 is 0 Å². The maximum atomic E-state index is 3.78. The molecule has 116 valence electrons. The van der Waals surface area contributed by atoms with E-state index in [4.69, 9.17) is 0 Å². The van der Waals surface area contributed by atoms with Crippen LogP contribution < -0.4 is 15.1 Å². The summed E-state index contributed by atoms with van der Waals surface area (Å²) in [6.45, 7) is 6.79. The van der Waals surface area contributed by atoms with Gasteiger partial charge in [0.2, 0.25) is 0 Å². The number of rotatable bonds is 4. The van der Waals surface area contributed by atoms with Gasteiger partial charge < -0.3 is 15.1 Å². The zero-order chi connectivity index (χ0) is 15.0. The first-order valence-corrected chi connectivity index (χ1v) is 8.38. The third-order valence-electron chi connectivity index (χ3n) is 5.12. The lowest BCUT2D eigenvalue weighted by molar-refractivity contribution is 0.360. The van der Waals surface area contributed by atoms with Crippen LogP contribution in [0.4, 0.5) is 11.4 Å². The van der Waals surface area contributed by atoms with Gasteiger partial charge in [-0.3, -0.25) is 0 Å². The third-order valence-corrected chi connectivity index (χ3v) is 5.12. The molecule has 3 nitrogen and oxygen atoms in total. The number of hydrogen-bond donors (Lipinski definition) is 1. The van der Waals surface area contributed by atoms with Gasteiger partial charge in [0, 0.05) is 50.6 Å². The molecule has 1 aromatic rings. The predicted octanol–water partition coefficient (Wildman–Crippen LogP) is 3.03. The number of nitrogens with one attached hydrogen (secondary N) is 1. The van der Waals surface area contributed by atoms with Crippen molar-refractivity contribution >= 4 is 11.4 Å². The van der Waals surface area contributed by atoms with Gasteiger partial charge in [-0.15, -0.1) is 0 Å². The molecule has 1 N–H and O–H groups in total. The molecule has 2 aliphatic rings. The van der Waals surface area contributed by atoms with Crippen LogP contribution >= 0.6 is 0 Å². The number of nitrogens with zero attached hydrogens (tertiary/aromatic N) is 2. The largest absolute Gasteiger partial charge is 0.377 e. The quantitative estimate of drug-likeness (QED) is 0.918. The number of benzene rings is 1. The van der Waals surface area contributed by atoms with E-state index >= 15 is 0 Å². The van der Waals surface area contributed by atoms with Crippen LogP contribution in [0.2, 0.25) is 0 Å². The van der Waals surface area contributed by atoms with Crippen molar-refractivity contribution in [2.24, 2.45) is 5.92 Å². The fourth-order valence-corrected chi connectivity index (χ4v) is 3.58. The molecule has 1 saturated carbocycles. The zero-order valence-corrected chi connectivity index (χ0v) is 13.9. The fourth-order valence-electron chi connectivity index (χ4n) is 3.58. The van der Waals surface area contributed by atoms with Crippen LogP contribution in [0.25, 0.3) is 0 Å². The molecule has 1 aliphatic heterocycles. The molecule has 0 amide bonds. The van der Waals surface area contributed by atoms with Gasteiger partial charge in [-0.25, -0.2) is 0 Å². The fraction of sp³-hybridized carbons (Fsp3) is 0.667. The van der Waals surface area contributed by atoms with Crippen molar-refractivity contribution in [1.82, 2.24) is 5.32 Å². The second-order valence-electron chi connectivity index (χ2n) is 6.93. The van der Waals surface area contributed by atoms with Crippen molar-refractivity contribution in [1.29, 1.82) is 0 Å². The van der Waals surface area contributed by atoms with E-state index in [1.54, 1.807) is 0 Å². The van der Waals surface area contributed by atoms with E-state index in [9.17, 15) is 0 Å². The minimum Gasteiger partial charge on any atom is -0.377 e. The van der Waals surface area contributed by atoms with Crippen molar-refractivity contribution in [3.8, 4) is 0 Å². The molecule has 2 unspecified atom stereocenters. The van der Waals surface area contributed by atoms with E-state index in [2.05, 4.69) is 61.3 Å². The van der Waals surface area contributed by atoms with Gasteiger partial charge in [-0.1, -0.05) is 13.0 Å². The van der Waals surface area contributed by atoms with Crippen LogP contribution in [-0.2, 0) is 0 Å². The van der Waals surface area contributed by atoms with Crippen LogP contribution in [-0.4, -0.2) is 39.3 Å². The van der Waals surface area contributed by atoms with E-state index in [1.165, 1.54) is 42.7 Å². The van der Waals surface area contributed by atoms with Crippen LogP contribution in [0.3, 0.4) is 0 Å². The second kappa shape index (κ2) is 5.88. The summed E-state index contributed by atoms with van der Waals surface area (Å²) in [5.74, 6) is 0.920. The number of piperazine rings is 1. The van der Waals surface area contributed by atoms with Crippen molar-refractivity contribution in [2.75, 3.05) is 37.0 Å². The van der Waals surface area contributed by atoms with E-state index in [0.717, 1.165) is 12.5 Å². The van der Waals surface area contributed by atoms with Crippen molar-refractivity contribution in [3.63, 3.8) is 0 Å². The summed E-state index contributed by atoms with van der Waals surface area (Å²) < 4.78 is 0. The average molecular weight is 287 g/mol. The number of aryl methyl sites for hydroxylation is 1. The Kier molecular flexibility index (Phi) is 4.12. The Balaban J connectivity index is 1.86. The topological polar surface area (TPSA) is 18.5 Å². The minimum absolute atomic E-state index is 0.623. The molecule has 3 rings (SSSR count). The van der Waals surface area contributed by atoms with E-state index in [0.29, 0.717) is 12.1 Å². The van der Waals surface area contributed by atoms with Crippen LogP contribution in [0.15, 0.2) is 18.2 Å². The summed E-state index contributed by atoms with van der Waals surface area (Å²) in [6, 6.07) is 8.26. The lowest BCUT2D eigenvalue weighted by atomic mass is 10.0. The molecule has 0 bridgehead atoms. The first kappa shape index (κ1) is 14.7. The van der Waals surface area contributed by atoms with E-state index in [1.807, 2.05) is 0 Å². The van der Waals surface area contributed by atoms with Gasteiger partial charge in [0.15, 0.2) is 0 Å². The molecule has 1 aliphatic carbocycles. The lowest BCUT2D eigenvalue weighted by Gasteiger charge is -2.42. The standard InChI is InChI=1S/C18H29N3/c1-5-15-11-19-17(14-7-8-14)12-21(15)16-9-6-13(2)18(10-16)20(3)4/h6,9-10,14-15,17,19H,5,7-8,11-12H2,1-4H3. The first-order valence-electron chi connectivity index (χ1n) is 8.38. The first-order chi connectivity index (χ1) is 10.1. The van der Waals surface area contributed by atoms with Crippen LogP contribution in [0.1, 0.15) is 31.7 Å². The van der Waals surface area contributed by atoms with Crippen molar-refractivity contribution in [3.05, 3.63) is 23.8 Å². The number of hydrogen-bond acceptors (Lipinski definition) is 3. The highest BCUT2D eigenvalue weighted by Crippen LogP contribution is 2.36. The van der Waals surface area contributed by atoms with Gasteiger partial charge in [0.1, 0.15) is 0 Å². The Morgan fingerprint density at radius 3 is 2.67 bits per heavy atom. The molecule has 1 aromatic carbocycles. The molecule has 0 radical (unpaired) electrons. The monoisotopic (exact) mass is 287 g/mol. The Morgan fingerprint density at radius 1 is 1.29 bits per heavy atom. The molecule has 0 aromatic heterocycles. The summed E-state index contributed by atoms with van der Waals surface area (Å²) in [6.07, 6.45) is 4.04. The van der Waals surface area contributed by atoms with Crippen LogP contribution in [0, 0.1) is 12.8 Å². The Labute approximate surface area is 129 Å². The zero-order valence-electron chi connectivity index (χ0n) is 13.9. The molecule has 2 fully saturated rings. The van der Waals surface area contributed by atoms with Gasteiger partial charge in [0.25, 0.3) is 0 Å². The van der Waals surface area contributed by atoms with Crippen molar-refractivity contribution in [2.45, 2.75) is 45.2 Å². The average Bonchev–Trinajstić information content (AvgIpc) is 3.31. The highest BCUT2D eigenvalue weighted by atomic mass is 15.2. The summed E-state index contributed by atoms with van der Waals surface area (Å²) in [5.41, 5.74) is 4.08. The number of anilines is 2. The van der Waals surface area contributed by atoms with Gasteiger partial charge in [-0.2, -0.15) is 0 Å². The van der Waals surface area contributed by atoms with Gasteiger partial charge in [-0.05, 0) is 49.8 Å². The molecule has 1 saturated heterocycles. The van der Waals surface area contributed by atoms with E-state index in [-0.39, 0.29) is 0 Å². The normalized spacial score (nSPS) is 26.0. The summed E-state index contributed by atoms with van der Waals surface area (Å²) in [5, 5.41) is 3.78. The Morgan fingerprint density at radius 2 is 2.05 bits per heavy atom. The van der Waals surface area contributed by atoms with Crippen molar-refractivity contribution < 1.29 is 0 Å². The third kappa shape index (κ3) is 3.03. The highest BCUT2D eigenvalue weighted by molar-refractivity contribution is 5.63. The molecule has 0 spiro atoms. The molecule has 2 atom stereocenters. The lowest BCUT2D eigenvalue weighted by Crippen LogP contribution is -2.57.